The van der Waals surface area contributed by atoms with E-state index in [0.29, 0.717) is 6.54 Å². The van der Waals surface area contributed by atoms with Gasteiger partial charge in [-0.15, -0.1) is 11.6 Å². The highest BCUT2D eigenvalue weighted by Crippen LogP contribution is 2.23. The molecular weight excluding hydrogens is 262 g/mol. The number of benzene rings is 1. The Hall–Kier alpha value is -1.55. The monoisotopic (exact) mass is 279 g/mol. The maximum absolute atomic E-state index is 12.0. The van der Waals surface area contributed by atoms with E-state index < -0.39 is 0 Å². The summed E-state index contributed by atoms with van der Waals surface area (Å²) in [7, 11) is 0. The van der Waals surface area contributed by atoms with Gasteiger partial charge in [0.05, 0.1) is 16.9 Å². The lowest BCUT2D eigenvalue weighted by molar-refractivity contribution is -0.123. The Kier molecular flexibility index (Phi) is 4.10. The van der Waals surface area contributed by atoms with Crippen molar-refractivity contribution in [3.05, 3.63) is 29.6 Å². The second-order valence-electron chi connectivity index (χ2n) is 4.59. The molecule has 2 aromatic rings. The van der Waals surface area contributed by atoms with Crippen molar-refractivity contribution in [2.45, 2.75) is 32.7 Å². The van der Waals surface area contributed by atoms with Gasteiger partial charge in [0, 0.05) is 6.54 Å². The number of carbonyl (C=O) groups is 1. The molecule has 1 unspecified atom stereocenters. The van der Waals surface area contributed by atoms with Crippen molar-refractivity contribution >= 4 is 28.5 Å². The topological polar surface area (TPSA) is 46.9 Å². The minimum atomic E-state index is -0.318. The average Bonchev–Trinajstić information content (AvgIpc) is 2.75. The van der Waals surface area contributed by atoms with Gasteiger partial charge in [-0.25, -0.2) is 4.98 Å². The lowest BCUT2D eigenvalue weighted by Gasteiger charge is -2.16. The third-order valence-corrected chi connectivity index (χ3v) is 3.39. The van der Waals surface area contributed by atoms with Crippen LogP contribution in [0.5, 0.6) is 0 Å². The molecule has 1 aromatic heterocycles. The lowest BCUT2D eigenvalue weighted by Crippen LogP contribution is -2.31. The summed E-state index contributed by atoms with van der Waals surface area (Å²) in [6.45, 7) is 6.40. The molecule has 0 spiro atoms. The zero-order valence-electron chi connectivity index (χ0n) is 11.4. The Labute approximate surface area is 117 Å². The summed E-state index contributed by atoms with van der Waals surface area (Å²) in [6, 6.07) is 5.69. The third-order valence-electron chi connectivity index (χ3n) is 3.16. The molecule has 1 atom stereocenters. The molecule has 0 bridgehead atoms. The summed E-state index contributed by atoms with van der Waals surface area (Å²) in [5, 5.41) is 2.83. The van der Waals surface area contributed by atoms with Gasteiger partial charge in [0.15, 0.2) is 0 Å². The van der Waals surface area contributed by atoms with Crippen LogP contribution in [0.25, 0.3) is 11.0 Å². The number of aromatic nitrogens is 2. The summed E-state index contributed by atoms with van der Waals surface area (Å²) >= 11 is 5.95. The summed E-state index contributed by atoms with van der Waals surface area (Å²) in [4.78, 5) is 16.5. The molecule has 1 heterocycles. The zero-order valence-corrected chi connectivity index (χ0v) is 12.2. The van der Waals surface area contributed by atoms with E-state index >= 15 is 0 Å². The van der Waals surface area contributed by atoms with Gasteiger partial charge in [0.2, 0.25) is 5.91 Å². The number of alkyl halides is 1. The highest BCUT2D eigenvalue weighted by atomic mass is 35.5. The number of carbonyl (C=O) groups excluding carboxylic acids is 1. The number of hydrogen-bond donors (Lipinski definition) is 1. The minimum Gasteiger partial charge on any atom is -0.355 e. The fourth-order valence-electron chi connectivity index (χ4n) is 2.22. The first-order chi connectivity index (χ1) is 9.08. The molecule has 1 amide bonds. The summed E-state index contributed by atoms with van der Waals surface area (Å²) < 4.78 is 1.91. The van der Waals surface area contributed by atoms with Crippen LogP contribution in [0, 0.1) is 6.92 Å². The number of hydrogen-bond acceptors (Lipinski definition) is 2. The molecule has 4 nitrogen and oxygen atoms in total. The first-order valence-electron chi connectivity index (χ1n) is 6.39. The van der Waals surface area contributed by atoms with Crippen LogP contribution in [0.15, 0.2) is 18.2 Å². The van der Waals surface area contributed by atoms with Gasteiger partial charge in [0.25, 0.3) is 0 Å². The number of imidazole rings is 1. The second-order valence-corrected chi connectivity index (χ2v) is 4.86. The molecule has 0 saturated heterocycles. The van der Waals surface area contributed by atoms with Crippen LogP contribution in [0.3, 0.4) is 0 Å². The Bertz CT molecular complexity index is 606. The molecule has 0 aliphatic heterocycles. The summed E-state index contributed by atoms with van der Waals surface area (Å²) in [5.74, 6) is 0.993. The van der Waals surface area contributed by atoms with Gasteiger partial charge in [-0.05, 0) is 38.5 Å². The molecule has 0 aliphatic rings. The molecular formula is C14H18ClN3O. The Morgan fingerprint density at radius 1 is 1.53 bits per heavy atom. The van der Waals surface area contributed by atoms with Crippen molar-refractivity contribution in [1.29, 1.82) is 0 Å². The maximum atomic E-state index is 12.0. The van der Waals surface area contributed by atoms with Crippen molar-refractivity contribution in [3.8, 4) is 0 Å². The molecule has 19 heavy (non-hydrogen) atoms. The largest absolute Gasteiger partial charge is 0.355 e. The van der Waals surface area contributed by atoms with E-state index in [1.54, 1.807) is 0 Å². The van der Waals surface area contributed by atoms with Crippen molar-refractivity contribution < 1.29 is 4.79 Å². The summed E-state index contributed by atoms with van der Waals surface area (Å²) in [6.07, 6.45) is 0. The highest BCUT2D eigenvalue weighted by molar-refractivity contribution is 6.17. The molecule has 102 valence electrons. The lowest BCUT2D eigenvalue weighted by atomic mass is 10.2. The molecule has 1 N–H and O–H groups in total. The fraction of sp³-hybridized carbons (Fsp3) is 0.429. The molecule has 0 fully saturated rings. The smallest absolute Gasteiger partial charge is 0.242 e. The molecule has 1 aromatic carbocycles. The summed E-state index contributed by atoms with van der Waals surface area (Å²) in [5.41, 5.74) is 2.97. The zero-order chi connectivity index (χ0) is 14.0. The van der Waals surface area contributed by atoms with Crippen LogP contribution >= 0.6 is 11.6 Å². The number of amides is 1. The predicted octanol–water partition coefficient (Wildman–Crippen LogP) is 2.78. The molecule has 0 aliphatic carbocycles. The van der Waals surface area contributed by atoms with E-state index in [1.807, 2.05) is 43.5 Å². The highest BCUT2D eigenvalue weighted by Gasteiger charge is 2.20. The minimum absolute atomic E-state index is 0.0197. The van der Waals surface area contributed by atoms with E-state index in [9.17, 15) is 4.79 Å². The van der Waals surface area contributed by atoms with Gasteiger partial charge in [-0.2, -0.15) is 0 Å². The SMILES string of the molecule is CCNC(=O)C(C)n1c(CCl)nc2cc(C)ccc21. The number of nitrogens with one attached hydrogen (secondary N) is 1. The van der Waals surface area contributed by atoms with E-state index in [-0.39, 0.29) is 17.8 Å². The van der Waals surface area contributed by atoms with Crippen molar-refractivity contribution in [1.82, 2.24) is 14.9 Å². The van der Waals surface area contributed by atoms with Crippen LogP contribution in [0.4, 0.5) is 0 Å². The van der Waals surface area contributed by atoms with Crippen LogP contribution in [0.2, 0.25) is 0 Å². The standard InChI is InChI=1S/C14H18ClN3O/c1-4-16-14(19)10(3)18-12-6-5-9(2)7-11(12)17-13(18)8-15/h5-7,10H,4,8H2,1-3H3,(H,16,19). The van der Waals surface area contributed by atoms with Gasteiger partial charge < -0.3 is 9.88 Å². The Morgan fingerprint density at radius 2 is 2.26 bits per heavy atom. The molecule has 0 radical (unpaired) electrons. The van der Waals surface area contributed by atoms with E-state index in [1.165, 1.54) is 0 Å². The van der Waals surface area contributed by atoms with Crippen molar-refractivity contribution in [3.63, 3.8) is 0 Å². The van der Waals surface area contributed by atoms with Crippen molar-refractivity contribution in [2.24, 2.45) is 0 Å². The molecule has 2 rings (SSSR count). The van der Waals surface area contributed by atoms with Gasteiger partial charge >= 0.3 is 0 Å². The van der Waals surface area contributed by atoms with Crippen LogP contribution in [0.1, 0.15) is 31.3 Å². The predicted molar refractivity (Wildman–Crippen MR) is 77.4 cm³/mol. The maximum Gasteiger partial charge on any atom is 0.242 e. The number of nitrogens with zero attached hydrogens (tertiary/aromatic N) is 2. The van der Waals surface area contributed by atoms with Gasteiger partial charge in [-0.3, -0.25) is 4.79 Å². The van der Waals surface area contributed by atoms with E-state index in [2.05, 4.69) is 10.3 Å². The van der Waals surface area contributed by atoms with E-state index in [4.69, 9.17) is 11.6 Å². The van der Waals surface area contributed by atoms with Crippen LogP contribution in [-0.4, -0.2) is 22.0 Å². The van der Waals surface area contributed by atoms with Gasteiger partial charge in [0.1, 0.15) is 11.9 Å². The Balaban J connectivity index is 2.54. The average molecular weight is 280 g/mol. The second kappa shape index (κ2) is 5.61. The first kappa shape index (κ1) is 13.9. The number of likely N-dealkylation sites (N-methyl/N-ethyl adjacent to an activating group) is 1. The first-order valence-corrected chi connectivity index (χ1v) is 6.93. The normalized spacial score (nSPS) is 12.6. The number of rotatable bonds is 4. The number of halogens is 1. The third kappa shape index (κ3) is 2.59. The van der Waals surface area contributed by atoms with Gasteiger partial charge in [-0.1, -0.05) is 6.07 Å². The van der Waals surface area contributed by atoms with Crippen LogP contribution in [-0.2, 0) is 10.7 Å². The van der Waals surface area contributed by atoms with Crippen molar-refractivity contribution in [2.75, 3.05) is 6.54 Å². The van der Waals surface area contributed by atoms with E-state index in [0.717, 1.165) is 22.4 Å². The quantitative estimate of drug-likeness (QED) is 0.875. The number of fused-ring (bicyclic) bond motifs is 1. The molecule has 5 heteroatoms. The Morgan fingerprint density at radius 3 is 2.89 bits per heavy atom. The van der Waals surface area contributed by atoms with Crippen LogP contribution < -0.4 is 5.32 Å². The molecule has 0 saturated carbocycles. The number of aryl methyl sites for hydroxylation is 1. The fourth-order valence-corrected chi connectivity index (χ4v) is 2.41.